The fourth-order valence-electron chi connectivity index (χ4n) is 3.71. The van der Waals surface area contributed by atoms with Crippen molar-refractivity contribution < 1.29 is 4.79 Å². The Bertz CT molecular complexity index is 527. The molecular formula is C17H30ClN5O. The average molecular weight is 356 g/mol. The Morgan fingerprint density at radius 1 is 1.33 bits per heavy atom. The van der Waals surface area contributed by atoms with E-state index in [2.05, 4.69) is 39.9 Å². The highest BCUT2D eigenvalue weighted by Gasteiger charge is 2.30. The fourth-order valence-corrected chi connectivity index (χ4v) is 3.71. The molecule has 1 aromatic rings. The van der Waals surface area contributed by atoms with E-state index in [0.717, 1.165) is 58.7 Å². The first-order valence-electron chi connectivity index (χ1n) is 8.89. The third kappa shape index (κ3) is 4.49. The predicted octanol–water partition coefficient (Wildman–Crippen LogP) is 1.53. The van der Waals surface area contributed by atoms with Gasteiger partial charge in [-0.1, -0.05) is 0 Å². The number of halogens is 1. The first-order chi connectivity index (χ1) is 11.1. The highest BCUT2D eigenvalue weighted by molar-refractivity contribution is 5.85. The zero-order chi connectivity index (χ0) is 16.2. The molecule has 0 saturated carbocycles. The maximum atomic E-state index is 12.7. The van der Waals surface area contributed by atoms with Crippen LogP contribution >= 0.6 is 12.4 Å². The lowest BCUT2D eigenvalue weighted by Gasteiger charge is -2.36. The van der Waals surface area contributed by atoms with Crippen molar-refractivity contribution in [3.63, 3.8) is 0 Å². The molecule has 0 radical (unpaired) electrons. The second-order valence-corrected chi connectivity index (χ2v) is 7.01. The number of hydrogen-bond acceptors (Lipinski definition) is 4. The Morgan fingerprint density at radius 2 is 2.08 bits per heavy atom. The van der Waals surface area contributed by atoms with Crippen LogP contribution in [-0.4, -0.2) is 64.8 Å². The maximum Gasteiger partial charge on any atom is 0.227 e. The largest absolute Gasteiger partial charge is 0.340 e. The number of carbonyl (C=O) groups excluding carboxylic acids is 1. The number of likely N-dealkylation sites (tertiary alicyclic amines) is 1. The summed E-state index contributed by atoms with van der Waals surface area (Å²) < 4.78 is 2.09. The zero-order valence-electron chi connectivity index (χ0n) is 14.8. The summed E-state index contributed by atoms with van der Waals surface area (Å²) in [6.45, 7) is 10.7. The molecule has 7 heteroatoms. The summed E-state index contributed by atoms with van der Waals surface area (Å²) in [5.41, 5.74) is 1.25. The van der Waals surface area contributed by atoms with Gasteiger partial charge in [0.2, 0.25) is 5.91 Å². The monoisotopic (exact) mass is 355 g/mol. The van der Waals surface area contributed by atoms with Crippen molar-refractivity contribution in [3.8, 4) is 0 Å². The van der Waals surface area contributed by atoms with Crippen molar-refractivity contribution in [3.05, 3.63) is 18.0 Å². The summed E-state index contributed by atoms with van der Waals surface area (Å²) in [5.74, 6) is 0.519. The normalized spacial score (nSPS) is 22.5. The minimum absolute atomic E-state index is 0. The van der Waals surface area contributed by atoms with Gasteiger partial charge < -0.3 is 10.2 Å². The van der Waals surface area contributed by atoms with Crippen LogP contribution in [0.1, 0.15) is 38.4 Å². The Balaban J connectivity index is 0.00000208. The molecule has 3 rings (SSSR count). The molecule has 0 aliphatic carbocycles. The van der Waals surface area contributed by atoms with Gasteiger partial charge in [-0.25, -0.2) is 0 Å². The van der Waals surface area contributed by atoms with Gasteiger partial charge >= 0.3 is 0 Å². The first kappa shape index (κ1) is 19.2. The molecule has 6 nitrogen and oxygen atoms in total. The zero-order valence-corrected chi connectivity index (χ0v) is 15.6. The second-order valence-electron chi connectivity index (χ2n) is 7.01. The van der Waals surface area contributed by atoms with Gasteiger partial charge in [0.25, 0.3) is 0 Å². The number of hydrogen-bond donors (Lipinski definition) is 1. The Kier molecular flexibility index (Phi) is 7.07. The van der Waals surface area contributed by atoms with Crippen LogP contribution in [0.3, 0.4) is 0 Å². The number of rotatable bonds is 4. The summed E-state index contributed by atoms with van der Waals surface area (Å²) in [7, 11) is 0. The van der Waals surface area contributed by atoms with Gasteiger partial charge in [-0.2, -0.15) is 5.10 Å². The third-order valence-electron chi connectivity index (χ3n) is 4.91. The maximum absolute atomic E-state index is 12.7. The minimum atomic E-state index is 0. The van der Waals surface area contributed by atoms with E-state index < -0.39 is 0 Å². The van der Waals surface area contributed by atoms with Crippen LogP contribution in [0.4, 0.5) is 0 Å². The molecule has 2 aliphatic heterocycles. The summed E-state index contributed by atoms with van der Waals surface area (Å²) in [6.07, 6.45) is 4.02. The highest BCUT2D eigenvalue weighted by Crippen LogP contribution is 2.21. The summed E-state index contributed by atoms with van der Waals surface area (Å²) in [6, 6.07) is 2.48. The molecule has 2 fully saturated rings. The van der Waals surface area contributed by atoms with Crippen molar-refractivity contribution in [1.82, 2.24) is 24.9 Å². The molecule has 2 aliphatic rings. The summed E-state index contributed by atoms with van der Waals surface area (Å²) >= 11 is 0. The van der Waals surface area contributed by atoms with E-state index in [9.17, 15) is 4.79 Å². The van der Waals surface area contributed by atoms with Crippen LogP contribution in [0.2, 0.25) is 0 Å². The lowest BCUT2D eigenvalue weighted by Crippen LogP contribution is -2.51. The van der Waals surface area contributed by atoms with Crippen LogP contribution in [0.15, 0.2) is 12.3 Å². The Hall–Kier alpha value is -1.11. The van der Waals surface area contributed by atoms with Crippen LogP contribution in [-0.2, 0) is 11.3 Å². The van der Waals surface area contributed by atoms with Crippen LogP contribution in [0.25, 0.3) is 0 Å². The Morgan fingerprint density at radius 3 is 2.79 bits per heavy atom. The SMILES string of the molecule is CC(C)n1nccc1CN1CCCC(C(=O)N2CCNCC2)C1.Cl. The van der Waals surface area contributed by atoms with Gasteiger partial charge in [0.05, 0.1) is 11.6 Å². The molecule has 136 valence electrons. The number of amides is 1. The topological polar surface area (TPSA) is 53.4 Å². The predicted molar refractivity (Wildman–Crippen MR) is 97.3 cm³/mol. The van der Waals surface area contributed by atoms with E-state index in [1.807, 2.05) is 11.1 Å². The molecule has 1 aromatic heterocycles. The molecule has 0 aromatic carbocycles. The number of nitrogens with one attached hydrogen (secondary N) is 1. The van der Waals surface area contributed by atoms with Gasteiger partial charge in [0.15, 0.2) is 0 Å². The number of aromatic nitrogens is 2. The number of carbonyl (C=O) groups is 1. The van der Waals surface area contributed by atoms with E-state index in [-0.39, 0.29) is 18.3 Å². The average Bonchev–Trinajstić information content (AvgIpc) is 3.03. The molecule has 24 heavy (non-hydrogen) atoms. The van der Waals surface area contributed by atoms with Crippen LogP contribution in [0, 0.1) is 5.92 Å². The smallest absolute Gasteiger partial charge is 0.227 e. The molecule has 2 saturated heterocycles. The van der Waals surface area contributed by atoms with E-state index in [0.29, 0.717) is 11.9 Å². The molecular weight excluding hydrogens is 326 g/mol. The van der Waals surface area contributed by atoms with Gasteiger partial charge in [0.1, 0.15) is 0 Å². The second kappa shape index (κ2) is 8.83. The molecule has 1 N–H and O–H groups in total. The van der Waals surface area contributed by atoms with Gasteiger partial charge in [-0.05, 0) is 39.3 Å². The number of piperidine rings is 1. The van der Waals surface area contributed by atoms with Crippen molar-refractivity contribution in [1.29, 1.82) is 0 Å². The lowest BCUT2D eigenvalue weighted by molar-refractivity contribution is -0.138. The van der Waals surface area contributed by atoms with Crippen molar-refractivity contribution >= 4 is 18.3 Å². The quantitative estimate of drug-likeness (QED) is 0.890. The molecule has 1 unspecified atom stereocenters. The molecule has 3 heterocycles. The number of piperazine rings is 1. The molecule has 1 amide bonds. The molecule has 1 atom stereocenters. The summed E-state index contributed by atoms with van der Waals surface area (Å²) in [4.78, 5) is 17.2. The van der Waals surface area contributed by atoms with E-state index in [4.69, 9.17) is 0 Å². The highest BCUT2D eigenvalue weighted by atomic mass is 35.5. The van der Waals surface area contributed by atoms with Crippen molar-refractivity contribution in [2.24, 2.45) is 5.92 Å². The van der Waals surface area contributed by atoms with Gasteiger partial charge in [0, 0.05) is 51.5 Å². The minimum Gasteiger partial charge on any atom is -0.340 e. The molecule has 0 bridgehead atoms. The lowest BCUT2D eigenvalue weighted by atomic mass is 9.96. The van der Waals surface area contributed by atoms with Crippen molar-refractivity contribution in [2.75, 3.05) is 39.3 Å². The number of nitrogens with zero attached hydrogens (tertiary/aromatic N) is 4. The fraction of sp³-hybridized carbons (Fsp3) is 0.765. The van der Waals surface area contributed by atoms with E-state index >= 15 is 0 Å². The third-order valence-corrected chi connectivity index (χ3v) is 4.91. The standard InChI is InChI=1S/C17H29N5O.ClH/c1-14(2)22-16(5-6-19-22)13-20-9-3-4-15(12-20)17(23)21-10-7-18-8-11-21;/h5-6,14-15,18H,3-4,7-13H2,1-2H3;1H. The first-order valence-corrected chi connectivity index (χ1v) is 8.89. The summed E-state index contributed by atoms with van der Waals surface area (Å²) in [5, 5.41) is 7.73. The Labute approximate surface area is 151 Å². The van der Waals surface area contributed by atoms with Gasteiger partial charge in [-0.3, -0.25) is 14.4 Å². The van der Waals surface area contributed by atoms with Crippen molar-refractivity contribution in [2.45, 2.75) is 39.3 Å². The van der Waals surface area contributed by atoms with E-state index in [1.54, 1.807) is 0 Å². The van der Waals surface area contributed by atoms with E-state index in [1.165, 1.54) is 5.69 Å². The molecule has 0 spiro atoms. The van der Waals surface area contributed by atoms with Crippen LogP contribution in [0.5, 0.6) is 0 Å². The van der Waals surface area contributed by atoms with Gasteiger partial charge in [-0.15, -0.1) is 12.4 Å². The van der Waals surface area contributed by atoms with Crippen LogP contribution < -0.4 is 5.32 Å².